The van der Waals surface area contributed by atoms with Crippen molar-refractivity contribution in [2.45, 2.75) is 6.92 Å². The topological polar surface area (TPSA) is 42.5 Å². The second-order valence-electron chi connectivity index (χ2n) is 2.80. The molecule has 0 rings (SSSR count). The molecule has 0 saturated carbocycles. The van der Waals surface area contributed by atoms with Gasteiger partial charge in [0.05, 0.1) is 12.9 Å². The lowest BCUT2D eigenvalue weighted by molar-refractivity contribution is 0.231. The number of hydrogen-bond donors (Lipinski definition) is 2. The maximum absolute atomic E-state index is 5.47. The maximum atomic E-state index is 5.47. The van der Waals surface area contributed by atoms with Crippen LogP contribution in [0, 0.1) is 0 Å². The van der Waals surface area contributed by atoms with Gasteiger partial charge in [0.15, 0.2) is 0 Å². The Bertz CT molecular complexity index is 252. The smallest absolute Gasteiger partial charge is 0.118 e. The molecule has 0 aromatic carbocycles. The van der Waals surface area contributed by atoms with E-state index >= 15 is 0 Å². The van der Waals surface area contributed by atoms with E-state index in [1.165, 1.54) is 12.1 Å². The number of rotatable bonds is 9. The molecule has 16 heavy (non-hydrogen) atoms. The second-order valence-corrected chi connectivity index (χ2v) is 3.70. The molecule has 0 atom stereocenters. The van der Waals surface area contributed by atoms with Gasteiger partial charge in [-0.25, -0.2) is 4.72 Å². The van der Waals surface area contributed by atoms with Crippen LogP contribution in [0.3, 0.4) is 0 Å². The number of allylic oxidation sites excluding steroid dienone is 4. The van der Waals surface area contributed by atoms with E-state index in [1.54, 1.807) is 13.2 Å². The Balaban J connectivity index is 3.87. The summed E-state index contributed by atoms with van der Waals surface area (Å²) in [6, 6.07) is 0. The molecule has 0 bridgehead atoms. The summed E-state index contributed by atoms with van der Waals surface area (Å²) < 4.78 is 16.5. The van der Waals surface area contributed by atoms with Crippen molar-refractivity contribution in [2.24, 2.45) is 0 Å². The van der Waals surface area contributed by atoms with Crippen LogP contribution in [0.1, 0.15) is 6.92 Å². The van der Waals surface area contributed by atoms with E-state index in [-0.39, 0.29) is 0 Å². The van der Waals surface area contributed by atoms with Gasteiger partial charge in [-0.2, -0.15) is 0 Å². The number of methoxy groups -OCH3 is 1. The first-order valence-electron chi connectivity index (χ1n) is 4.97. The third-order valence-corrected chi connectivity index (χ3v) is 2.21. The van der Waals surface area contributed by atoms with Crippen molar-refractivity contribution in [3.8, 4) is 0 Å². The molecule has 0 aliphatic carbocycles. The summed E-state index contributed by atoms with van der Waals surface area (Å²) in [6.45, 7) is 6.90. The van der Waals surface area contributed by atoms with Crippen molar-refractivity contribution < 1.29 is 9.47 Å². The fourth-order valence-corrected chi connectivity index (χ4v) is 1.11. The van der Waals surface area contributed by atoms with Gasteiger partial charge in [0.1, 0.15) is 12.4 Å². The summed E-state index contributed by atoms with van der Waals surface area (Å²) in [5, 5.41) is 0. The molecule has 0 fully saturated rings. The Hall–Kier alpha value is -0.910. The van der Waals surface area contributed by atoms with Crippen molar-refractivity contribution >= 4 is 12.1 Å². The fraction of sp³-hybridized carbons (Fsp3) is 0.455. The highest BCUT2D eigenvalue weighted by atomic mass is 32.2. The Kier molecular flexibility index (Phi) is 10.00. The van der Waals surface area contributed by atoms with Crippen molar-refractivity contribution in [1.29, 1.82) is 0 Å². The molecule has 4 nitrogen and oxygen atoms in total. The summed E-state index contributed by atoms with van der Waals surface area (Å²) in [5.41, 5.74) is 0. The summed E-state index contributed by atoms with van der Waals surface area (Å²) in [4.78, 5) is 0. The quantitative estimate of drug-likeness (QED) is 0.281. The Morgan fingerprint density at radius 1 is 1.44 bits per heavy atom. The lowest BCUT2D eigenvalue weighted by Crippen LogP contribution is -2.15. The van der Waals surface area contributed by atoms with Crippen molar-refractivity contribution in [1.82, 2.24) is 9.44 Å². The lowest BCUT2D eigenvalue weighted by Gasteiger charge is -2.06. The summed E-state index contributed by atoms with van der Waals surface area (Å²) in [7, 11) is 3.49. The predicted octanol–water partition coefficient (Wildman–Crippen LogP) is 2.00. The molecular weight excluding hydrogens is 224 g/mol. The predicted molar refractivity (Wildman–Crippen MR) is 69.7 cm³/mol. The van der Waals surface area contributed by atoms with Crippen LogP contribution < -0.4 is 9.44 Å². The average Bonchev–Trinajstić information content (AvgIpc) is 2.32. The molecule has 0 unspecified atom stereocenters. The van der Waals surface area contributed by atoms with E-state index < -0.39 is 0 Å². The molecule has 5 heteroatoms. The summed E-state index contributed by atoms with van der Waals surface area (Å²) in [5.74, 6) is 1.56. The third-order valence-electron chi connectivity index (χ3n) is 1.65. The van der Waals surface area contributed by atoms with Gasteiger partial charge in [0, 0.05) is 18.7 Å². The van der Waals surface area contributed by atoms with Crippen molar-refractivity contribution in [3.05, 3.63) is 36.3 Å². The van der Waals surface area contributed by atoms with E-state index in [4.69, 9.17) is 9.47 Å². The van der Waals surface area contributed by atoms with Crippen LogP contribution in [0.25, 0.3) is 0 Å². The zero-order chi connectivity index (χ0) is 12.2. The minimum absolute atomic E-state index is 0.590. The standard InChI is InChI=1S/C11H20N2O2S/c1-5-11(7-6-10(2)14-4)15-9-8-13-16-12-3/h5-7,12-13H,1,8-9H2,2-4H3/b10-6+,11-7+. The van der Waals surface area contributed by atoms with Crippen LogP contribution in [-0.2, 0) is 9.47 Å². The molecule has 92 valence electrons. The van der Waals surface area contributed by atoms with Gasteiger partial charge < -0.3 is 9.47 Å². The minimum atomic E-state index is 0.590. The van der Waals surface area contributed by atoms with Crippen LogP contribution >= 0.6 is 12.1 Å². The Morgan fingerprint density at radius 2 is 2.19 bits per heavy atom. The van der Waals surface area contributed by atoms with Crippen molar-refractivity contribution in [2.75, 3.05) is 27.3 Å². The SMILES string of the molecule is C=C/C(=C\C=C(/C)OC)OCCNSNC. The van der Waals surface area contributed by atoms with Gasteiger partial charge >= 0.3 is 0 Å². The molecule has 0 heterocycles. The van der Waals surface area contributed by atoms with Crippen LogP contribution in [0.15, 0.2) is 36.3 Å². The highest BCUT2D eigenvalue weighted by molar-refractivity contribution is 7.95. The largest absolute Gasteiger partial charge is 0.501 e. The zero-order valence-electron chi connectivity index (χ0n) is 10.1. The zero-order valence-corrected chi connectivity index (χ0v) is 10.9. The Morgan fingerprint density at radius 3 is 2.75 bits per heavy atom. The maximum Gasteiger partial charge on any atom is 0.118 e. The van der Waals surface area contributed by atoms with E-state index in [2.05, 4.69) is 16.0 Å². The first kappa shape index (κ1) is 15.1. The minimum Gasteiger partial charge on any atom is -0.501 e. The van der Waals surface area contributed by atoms with Gasteiger partial charge in [0.25, 0.3) is 0 Å². The molecule has 0 aromatic rings. The summed E-state index contributed by atoms with van der Waals surface area (Å²) in [6.07, 6.45) is 5.34. The lowest BCUT2D eigenvalue weighted by atomic mass is 10.4. The van der Waals surface area contributed by atoms with Crippen LogP contribution in [0.5, 0.6) is 0 Å². The van der Waals surface area contributed by atoms with Gasteiger partial charge in [-0.3, -0.25) is 4.72 Å². The van der Waals surface area contributed by atoms with E-state index in [0.29, 0.717) is 6.61 Å². The highest BCUT2D eigenvalue weighted by Crippen LogP contribution is 2.01. The second kappa shape index (κ2) is 10.6. The number of nitrogens with one attached hydrogen (secondary N) is 2. The molecule has 0 spiro atoms. The molecule has 2 N–H and O–H groups in total. The average molecular weight is 244 g/mol. The molecule has 0 saturated heterocycles. The first-order chi connectivity index (χ1) is 7.74. The van der Waals surface area contributed by atoms with Crippen molar-refractivity contribution in [3.63, 3.8) is 0 Å². The highest BCUT2D eigenvalue weighted by Gasteiger charge is 1.92. The number of ether oxygens (including phenoxy) is 2. The Labute approximate surface area is 102 Å². The summed E-state index contributed by atoms with van der Waals surface area (Å²) >= 11 is 1.43. The fourth-order valence-electron chi connectivity index (χ4n) is 0.776. The van der Waals surface area contributed by atoms with E-state index in [9.17, 15) is 0 Å². The molecule has 0 amide bonds. The molecule has 0 aromatic heterocycles. The molecular formula is C11H20N2O2S. The van der Waals surface area contributed by atoms with E-state index in [0.717, 1.165) is 18.1 Å². The number of hydrogen-bond acceptors (Lipinski definition) is 5. The molecule has 0 radical (unpaired) electrons. The molecule has 0 aliphatic rings. The van der Waals surface area contributed by atoms with Gasteiger partial charge in [0.2, 0.25) is 0 Å². The monoisotopic (exact) mass is 244 g/mol. The van der Waals surface area contributed by atoms with Crippen LogP contribution in [0.4, 0.5) is 0 Å². The van der Waals surface area contributed by atoms with Gasteiger partial charge in [-0.15, -0.1) is 0 Å². The third kappa shape index (κ3) is 8.40. The van der Waals surface area contributed by atoms with Crippen LogP contribution in [0.2, 0.25) is 0 Å². The molecule has 0 aliphatic heterocycles. The van der Waals surface area contributed by atoms with Gasteiger partial charge in [-0.05, 0) is 32.2 Å². The van der Waals surface area contributed by atoms with Crippen LogP contribution in [-0.4, -0.2) is 27.3 Å². The first-order valence-corrected chi connectivity index (χ1v) is 5.79. The van der Waals surface area contributed by atoms with E-state index in [1.807, 2.05) is 26.1 Å². The normalized spacial score (nSPS) is 12.4. The van der Waals surface area contributed by atoms with Gasteiger partial charge in [-0.1, -0.05) is 6.58 Å².